The molecule has 0 amide bonds. The van der Waals surface area contributed by atoms with Gasteiger partial charge in [0.15, 0.2) is 11.5 Å². The van der Waals surface area contributed by atoms with Crippen molar-refractivity contribution in [2.75, 3.05) is 65.3 Å². The number of hydrogen-bond donors (Lipinski definition) is 1. The van der Waals surface area contributed by atoms with Crippen molar-refractivity contribution in [3.63, 3.8) is 0 Å². The van der Waals surface area contributed by atoms with Gasteiger partial charge in [-0.3, -0.25) is 4.90 Å². The molecule has 1 aliphatic heterocycles. The molecule has 1 N–H and O–H groups in total. The van der Waals surface area contributed by atoms with Gasteiger partial charge in [0.1, 0.15) is 17.9 Å². The standard InChI is InChI=1S/C27H32N6O3/c1-5-8-32-10-12-33(13-11-32)9-7-14-35-25-17-23-22(16-24(25)34-4)27(31-19-30-23)36-21-15-20(6-2)26(28-3)29-18-21/h1,6,15-19H,2,7-14H2,3-4H3,(H,28,29). The number of benzene rings is 1. The fraction of sp³-hybridized carbons (Fsp3) is 0.370. The predicted molar refractivity (Wildman–Crippen MR) is 142 cm³/mol. The third-order valence-corrected chi connectivity index (χ3v) is 6.10. The molecule has 0 saturated carbocycles. The lowest BCUT2D eigenvalue weighted by Crippen LogP contribution is -2.46. The number of nitrogens with one attached hydrogen (secondary N) is 1. The van der Waals surface area contributed by atoms with Crippen molar-refractivity contribution in [3.8, 4) is 35.5 Å². The van der Waals surface area contributed by atoms with E-state index in [9.17, 15) is 0 Å². The number of aromatic nitrogens is 3. The summed E-state index contributed by atoms with van der Waals surface area (Å²) in [6.45, 7) is 10.2. The monoisotopic (exact) mass is 488 g/mol. The molecule has 0 spiro atoms. The number of fused-ring (bicyclic) bond motifs is 1. The second-order valence-corrected chi connectivity index (χ2v) is 8.39. The van der Waals surface area contributed by atoms with E-state index in [1.54, 1.807) is 19.4 Å². The van der Waals surface area contributed by atoms with E-state index < -0.39 is 0 Å². The van der Waals surface area contributed by atoms with Gasteiger partial charge >= 0.3 is 0 Å². The summed E-state index contributed by atoms with van der Waals surface area (Å²) in [5, 5.41) is 3.74. The number of terminal acetylenes is 1. The van der Waals surface area contributed by atoms with Crippen LogP contribution in [-0.4, -0.2) is 84.8 Å². The zero-order valence-corrected chi connectivity index (χ0v) is 20.9. The lowest BCUT2D eigenvalue weighted by atomic mass is 10.2. The summed E-state index contributed by atoms with van der Waals surface area (Å²) in [7, 11) is 3.42. The molecule has 0 unspecified atom stereocenters. The molecule has 2 aromatic heterocycles. The van der Waals surface area contributed by atoms with Crippen molar-refractivity contribution >= 4 is 22.8 Å². The highest BCUT2D eigenvalue weighted by Gasteiger charge is 2.17. The Kier molecular flexibility index (Phi) is 8.55. The van der Waals surface area contributed by atoms with Gasteiger partial charge in [0.05, 0.1) is 37.4 Å². The highest BCUT2D eigenvalue weighted by atomic mass is 16.5. The largest absolute Gasteiger partial charge is 0.493 e. The number of rotatable bonds is 11. The summed E-state index contributed by atoms with van der Waals surface area (Å²) >= 11 is 0. The lowest BCUT2D eigenvalue weighted by molar-refractivity contribution is 0.136. The van der Waals surface area contributed by atoms with Crippen LogP contribution in [0.2, 0.25) is 0 Å². The number of anilines is 1. The van der Waals surface area contributed by atoms with Crippen LogP contribution in [0.15, 0.2) is 37.3 Å². The molecule has 9 nitrogen and oxygen atoms in total. The molecule has 1 aliphatic rings. The number of piperazine rings is 1. The average Bonchev–Trinajstić information content (AvgIpc) is 2.91. The second kappa shape index (κ2) is 12.2. The number of hydrogen-bond acceptors (Lipinski definition) is 9. The zero-order chi connectivity index (χ0) is 25.3. The van der Waals surface area contributed by atoms with Crippen molar-refractivity contribution in [1.82, 2.24) is 24.8 Å². The molecule has 1 aromatic carbocycles. The minimum absolute atomic E-state index is 0.405. The quantitative estimate of drug-likeness (QED) is 0.322. The van der Waals surface area contributed by atoms with Crippen LogP contribution >= 0.6 is 0 Å². The molecule has 9 heteroatoms. The van der Waals surface area contributed by atoms with Gasteiger partial charge in [0.25, 0.3) is 0 Å². The molecule has 1 fully saturated rings. The molecular weight excluding hydrogens is 456 g/mol. The Hall–Kier alpha value is -3.87. The Labute approximate surface area is 212 Å². The van der Waals surface area contributed by atoms with Crippen LogP contribution < -0.4 is 19.5 Å². The normalized spacial score (nSPS) is 14.2. The van der Waals surface area contributed by atoms with Crippen LogP contribution in [0.4, 0.5) is 5.82 Å². The van der Waals surface area contributed by atoms with E-state index in [-0.39, 0.29) is 0 Å². The van der Waals surface area contributed by atoms with Crippen molar-refractivity contribution in [2.45, 2.75) is 6.42 Å². The molecule has 36 heavy (non-hydrogen) atoms. The summed E-state index contributed by atoms with van der Waals surface area (Å²) in [4.78, 5) is 17.9. The van der Waals surface area contributed by atoms with Crippen molar-refractivity contribution in [1.29, 1.82) is 0 Å². The van der Waals surface area contributed by atoms with Crippen molar-refractivity contribution in [2.24, 2.45) is 0 Å². The van der Waals surface area contributed by atoms with E-state index in [2.05, 4.69) is 42.6 Å². The Morgan fingerprint density at radius 2 is 1.92 bits per heavy atom. The zero-order valence-electron chi connectivity index (χ0n) is 20.9. The highest BCUT2D eigenvalue weighted by Crippen LogP contribution is 2.36. The Morgan fingerprint density at radius 3 is 2.64 bits per heavy atom. The summed E-state index contributed by atoms with van der Waals surface area (Å²) < 4.78 is 17.7. The summed E-state index contributed by atoms with van der Waals surface area (Å²) in [6, 6.07) is 5.55. The summed E-state index contributed by atoms with van der Waals surface area (Å²) in [5.74, 6) is 5.63. The van der Waals surface area contributed by atoms with E-state index >= 15 is 0 Å². The lowest BCUT2D eigenvalue weighted by Gasteiger charge is -2.33. The molecule has 0 radical (unpaired) electrons. The Balaban J connectivity index is 1.41. The van der Waals surface area contributed by atoms with Crippen molar-refractivity contribution in [3.05, 3.63) is 42.9 Å². The van der Waals surface area contributed by atoms with E-state index in [0.29, 0.717) is 40.6 Å². The first-order valence-electron chi connectivity index (χ1n) is 12.0. The maximum absolute atomic E-state index is 6.08. The predicted octanol–water partition coefficient (Wildman–Crippen LogP) is 3.53. The molecule has 0 atom stereocenters. The van der Waals surface area contributed by atoms with E-state index in [0.717, 1.165) is 57.1 Å². The third-order valence-electron chi connectivity index (χ3n) is 6.10. The van der Waals surface area contributed by atoms with Gasteiger partial charge in [-0.2, -0.15) is 0 Å². The molecule has 1 saturated heterocycles. The van der Waals surface area contributed by atoms with Gasteiger partial charge in [-0.25, -0.2) is 15.0 Å². The van der Waals surface area contributed by atoms with Gasteiger partial charge in [0, 0.05) is 51.4 Å². The highest BCUT2D eigenvalue weighted by molar-refractivity contribution is 5.87. The number of ether oxygens (including phenoxy) is 3. The molecule has 3 heterocycles. The first-order chi connectivity index (χ1) is 17.6. The molecule has 0 aliphatic carbocycles. The average molecular weight is 489 g/mol. The van der Waals surface area contributed by atoms with Gasteiger partial charge in [-0.1, -0.05) is 18.6 Å². The molecule has 3 aromatic rings. The Bertz CT molecular complexity index is 1230. The maximum Gasteiger partial charge on any atom is 0.230 e. The van der Waals surface area contributed by atoms with Crippen molar-refractivity contribution < 1.29 is 14.2 Å². The first kappa shape index (κ1) is 25.2. The Morgan fingerprint density at radius 1 is 1.11 bits per heavy atom. The van der Waals surface area contributed by atoms with Gasteiger partial charge in [-0.15, -0.1) is 6.42 Å². The van der Waals surface area contributed by atoms with Crippen LogP contribution in [0.1, 0.15) is 12.0 Å². The molecular formula is C27H32N6O3. The van der Waals surface area contributed by atoms with Gasteiger partial charge < -0.3 is 24.4 Å². The van der Waals surface area contributed by atoms with Gasteiger partial charge in [-0.05, 0) is 18.6 Å². The van der Waals surface area contributed by atoms with Crippen LogP contribution in [0.5, 0.6) is 23.1 Å². The second-order valence-electron chi connectivity index (χ2n) is 8.39. The number of nitrogens with zero attached hydrogens (tertiary/aromatic N) is 5. The fourth-order valence-electron chi connectivity index (χ4n) is 4.16. The van der Waals surface area contributed by atoms with Crippen LogP contribution in [-0.2, 0) is 0 Å². The van der Waals surface area contributed by atoms with Crippen LogP contribution in [0, 0.1) is 12.3 Å². The first-order valence-corrected chi connectivity index (χ1v) is 12.0. The smallest absolute Gasteiger partial charge is 0.230 e. The number of pyridine rings is 1. The van der Waals surface area contributed by atoms with Crippen LogP contribution in [0.3, 0.4) is 0 Å². The van der Waals surface area contributed by atoms with E-state index in [1.807, 2.05) is 25.2 Å². The SMILES string of the molecule is C#CCN1CCN(CCCOc2cc3ncnc(Oc4cnc(NC)c(C=C)c4)c3cc2OC)CC1. The number of methoxy groups -OCH3 is 1. The van der Waals surface area contributed by atoms with Gasteiger partial charge in [0.2, 0.25) is 5.88 Å². The molecule has 188 valence electrons. The fourth-order valence-corrected chi connectivity index (χ4v) is 4.16. The minimum Gasteiger partial charge on any atom is -0.493 e. The molecule has 4 rings (SSSR count). The maximum atomic E-state index is 6.08. The van der Waals surface area contributed by atoms with E-state index in [4.69, 9.17) is 20.6 Å². The molecule has 0 bridgehead atoms. The third kappa shape index (κ3) is 6.03. The summed E-state index contributed by atoms with van der Waals surface area (Å²) in [6.07, 6.45) is 11.1. The minimum atomic E-state index is 0.405. The van der Waals surface area contributed by atoms with Crippen LogP contribution in [0.25, 0.3) is 17.0 Å². The summed E-state index contributed by atoms with van der Waals surface area (Å²) in [5.41, 5.74) is 1.53. The van der Waals surface area contributed by atoms with E-state index in [1.165, 1.54) is 6.33 Å². The topological polar surface area (TPSA) is 84.9 Å².